The molecule has 1 fully saturated rings. The molecule has 0 bridgehead atoms. The molecule has 25 heavy (non-hydrogen) atoms. The van der Waals surface area contributed by atoms with Crippen LogP contribution in [0.1, 0.15) is 28.9 Å². The minimum atomic E-state index is -4.42. The Morgan fingerprint density at radius 3 is 2.88 bits per heavy atom. The fraction of sp³-hybridized carbons (Fsp3) is 0.412. The summed E-state index contributed by atoms with van der Waals surface area (Å²) in [5, 5.41) is 7.25. The number of hydrogen-bond acceptors (Lipinski definition) is 3. The van der Waals surface area contributed by atoms with E-state index in [0.717, 1.165) is 25.0 Å². The van der Waals surface area contributed by atoms with Crippen molar-refractivity contribution >= 4 is 5.91 Å². The van der Waals surface area contributed by atoms with E-state index in [1.54, 1.807) is 4.90 Å². The first-order valence-electron chi connectivity index (χ1n) is 8.09. The highest BCUT2D eigenvalue weighted by molar-refractivity contribution is 5.92. The maximum Gasteiger partial charge on any atom is 0.416 e. The van der Waals surface area contributed by atoms with E-state index in [2.05, 4.69) is 10.4 Å². The third-order valence-electron chi connectivity index (χ3n) is 4.32. The van der Waals surface area contributed by atoms with Gasteiger partial charge in [0.2, 0.25) is 0 Å². The number of likely N-dealkylation sites (N-methyl/N-ethyl adjacent to an activating group) is 1. The summed E-state index contributed by atoms with van der Waals surface area (Å²) >= 11 is 0. The van der Waals surface area contributed by atoms with Gasteiger partial charge in [-0.2, -0.15) is 18.3 Å². The number of likely N-dealkylation sites (tertiary alicyclic amines) is 1. The summed E-state index contributed by atoms with van der Waals surface area (Å²) in [6, 6.07) is 6.53. The molecule has 8 heteroatoms. The third kappa shape index (κ3) is 3.68. The smallest absolute Gasteiger partial charge is 0.333 e. The number of rotatable bonds is 4. The second-order valence-electron chi connectivity index (χ2n) is 6.05. The number of nitrogens with zero attached hydrogens (tertiary/aromatic N) is 3. The van der Waals surface area contributed by atoms with Crippen LogP contribution in [0.25, 0.3) is 5.69 Å². The summed E-state index contributed by atoms with van der Waals surface area (Å²) < 4.78 is 39.8. The van der Waals surface area contributed by atoms with Crippen LogP contribution in [0.2, 0.25) is 0 Å². The van der Waals surface area contributed by atoms with E-state index in [1.807, 2.05) is 7.05 Å². The number of hydrogen-bond donors (Lipinski definition) is 1. The lowest BCUT2D eigenvalue weighted by atomic mass is 10.2. The molecule has 1 aromatic carbocycles. The van der Waals surface area contributed by atoms with Crippen LogP contribution in [0, 0.1) is 0 Å². The number of carbonyl (C=O) groups is 1. The van der Waals surface area contributed by atoms with Crippen LogP contribution in [0.5, 0.6) is 0 Å². The predicted octanol–water partition coefficient (Wildman–Crippen LogP) is 2.72. The second kappa shape index (κ2) is 6.87. The average molecular weight is 352 g/mol. The lowest BCUT2D eigenvalue weighted by Gasteiger charge is -2.23. The molecule has 0 radical (unpaired) electrons. The molecule has 134 valence electrons. The van der Waals surface area contributed by atoms with Crippen molar-refractivity contribution in [1.29, 1.82) is 0 Å². The van der Waals surface area contributed by atoms with Crippen molar-refractivity contribution in [1.82, 2.24) is 20.0 Å². The monoisotopic (exact) mass is 352 g/mol. The van der Waals surface area contributed by atoms with Gasteiger partial charge in [-0.05, 0) is 44.2 Å². The lowest BCUT2D eigenvalue weighted by molar-refractivity contribution is -0.137. The Hall–Kier alpha value is -2.35. The number of halogens is 3. The van der Waals surface area contributed by atoms with E-state index in [4.69, 9.17) is 0 Å². The first-order valence-corrected chi connectivity index (χ1v) is 8.09. The molecule has 0 saturated carbocycles. The van der Waals surface area contributed by atoms with E-state index < -0.39 is 11.7 Å². The molecule has 1 aliphatic rings. The van der Waals surface area contributed by atoms with Crippen LogP contribution >= 0.6 is 0 Å². The molecule has 1 N–H and O–H groups in total. The fourth-order valence-electron chi connectivity index (χ4n) is 3.10. The van der Waals surface area contributed by atoms with Crippen molar-refractivity contribution in [3.05, 3.63) is 47.8 Å². The number of aromatic nitrogens is 2. The normalized spacial score (nSPS) is 17.9. The first-order chi connectivity index (χ1) is 11.9. The van der Waals surface area contributed by atoms with Crippen LogP contribution < -0.4 is 5.32 Å². The maximum atomic E-state index is 12.8. The molecule has 1 unspecified atom stereocenters. The predicted molar refractivity (Wildman–Crippen MR) is 86.6 cm³/mol. The zero-order chi connectivity index (χ0) is 18.0. The van der Waals surface area contributed by atoms with Crippen LogP contribution in [-0.2, 0) is 6.18 Å². The number of benzene rings is 1. The van der Waals surface area contributed by atoms with Gasteiger partial charge < -0.3 is 10.2 Å². The molecule has 5 nitrogen and oxygen atoms in total. The van der Waals surface area contributed by atoms with Crippen molar-refractivity contribution in [2.45, 2.75) is 25.1 Å². The molecule has 0 aliphatic carbocycles. The highest BCUT2D eigenvalue weighted by Crippen LogP contribution is 2.30. The van der Waals surface area contributed by atoms with E-state index in [9.17, 15) is 18.0 Å². The number of alkyl halides is 3. The zero-order valence-electron chi connectivity index (χ0n) is 13.8. The Morgan fingerprint density at radius 1 is 1.36 bits per heavy atom. The molecule has 3 rings (SSSR count). The van der Waals surface area contributed by atoms with Crippen molar-refractivity contribution < 1.29 is 18.0 Å². The van der Waals surface area contributed by atoms with Crippen molar-refractivity contribution in [2.24, 2.45) is 0 Å². The fourth-order valence-corrected chi connectivity index (χ4v) is 3.10. The van der Waals surface area contributed by atoms with Gasteiger partial charge in [0.15, 0.2) is 5.69 Å². The minimum absolute atomic E-state index is 0.121. The van der Waals surface area contributed by atoms with E-state index in [0.29, 0.717) is 13.1 Å². The number of nitrogens with one attached hydrogen (secondary N) is 1. The zero-order valence-corrected chi connectivity index (χ0v) is 13.8. The first kappa shape index (κ1) is 17.5. The molecule has 1 amide bonds. The molecule has 1 atom stereocenters. The lowest BCUT2D eigenvalue weighted by Crippen LogP contribution is -2.41. The van der Waals surface area contributed by atoms with Gasteiger partial charge in [-0.1, -0.05) is 6.07 Å². The summed E-state index contributed by atoms with van der Waals surface area (Å²) in [4.78, 5) is 14.4. The number of carbonyl (C=O) groups excluding carboxylic acids is 1. The van der Waals surface area contributed by atoms with Gasteiger partial charge in [0, 0.05) is 25.3 Å². The highest BCUT2D eigenvalue weighted by atomic mass is 19.4. The molecule has 1 saturated heterocycles. The summed E-state index contributed by atoms with van der Waals surface area (Å²) in [7, 11) is 1.84. The largest absolute Gasteiger partial charge is 0.416 e. The summed E-state index contributed by atoms with van der Waals surface area (Å²) in [6.45, 7) is 1.38. The van der Waals surface area contributed by atoms with Crippen LogP contribution in [0.15, 0.2) is 36.5 Å². The SMILES string of the molecule is CNCC1CCCN1C(=O)c1ccn(-c2cccc(C(F)(F)F)c2)n1. The number of amides is 1. The van der Waals surface area contributed by atoms with Crippen LogP contribution in [0.3, 0.4) is 0 Å². The molecule has 1 aromatic heterocycles. The van der Waals surface area contributed by atoms with Gasteiger partial charge in [-0.3, -0.25) is 4.79 Å². The Kier molecular flexibility index (Phi) is 4.80. The van der Waals surface area contributed by atoms with Gasteiger partial charge >= 0.3 is 6.18 Å². The topological polar surface area (TPSA) is 50.2 Å². The Balaban J connectivity index is 1.82. The van der Waals surface area contributed by atoms with Crippen LogP contribution in [0.4, 0.5) is 13.2 Å². The van der Waals surface area contributed by atoms with Crippen molar-refractivity contribution in [3.63, 3.8) is 0 Å². The van der Waals surface area contributed by atoms with Gasteiger partial charge in [0.05, 0.1) is 11.3 Å². The molecule has 2 aromatic rings. The molecule has 0 spiro atoms. The highest BCUT2D eigenvalue weighted by Gasteiger charge is 2.31. The summed E-state index contributed by atoms with van der Waals surface area (Å²) in [6.07, 6.45) is -1.04. The Bertz CT molecular complexity index is 756. The van der Waals surface area contributed by atoms with Crippen molar-refractivity contribution in [2.75, 3.05) is 20.1 Å². The third-order valence-corrected chi connectivity index (χ3v) is 4.32. The van der Waals surface area contributed by atoms with E-state index in [-0.39, 0.29) is 23.3 Å². The van der Waals surface area contributed by atoms with E-state index in [1.165, 1.54) is 29.1 Å². The minimum Gasteiger partial charge on any atom is -0.333 e. The molecule has 2 heterocycles. The van der Waals surface area contributed by atoms with Gasteiger partial charge in [0.1, 0.15) is 0 Å². The standard InChI is InChI=1S/C17H19F3N4O/c1-21-11-14-6-3-8-23(14)16(25)15-7-9-24(22-15)13-5-2-4-12(10-13)17(18,19)20/h2,4-5,7,9-10,14,21H,3,6,8,11H2,1H3. The maximum absolute atomic E-state index is 12.8. The summed E-state index contributed by atoms with van der Waals surface area (Å²) in [5.41, 5.74) is -0.246. The van der Waals surface area contributed by atoms with Gasteiger partial charge in [-0.25, -0.2) is 4.68 Å². The summed E-state index contributed by atoms with van der Waals surface area (Å²) in [5.74, 6) is -0.191. The van der Waals surface area contributed by atoms with Crippen molar-refractivity contribution in [3.8, 4) is 5.69 Å². The Morgan fingerprint density at radius 2 is 2.16 bits per heavy atom. The molecular weight excluding hydrogens is 333 g/mol. The molecule has 1 aliphatic heterocycles. The second-order valence-corrected chi connectivity index (χ2v) is 6.05. The van der Waals surface area contributed by atoms with Crippen LogP contribution in [-0.4, -0.2) is 46.8 Å². The Labute approximate surface area is 143 Å². The van der Waals surface area contributed by atoms with E-state index >= 15 is 0 Å². The van der Waals surface area contributed by atoms with Gasteiger partial charge in [0.25, 0.3) is 5.91 Å². The quantitative estimate of drug-likeness (QED) is 0.921. The van der Waals surface area contributed by atoms with Gasteiger partial charge in [-0.15, -0.1) is 0 Å². The molecular formula is C17H19F3N4O. The average Bonchev–Trinajstić information content (AvgIpc) is 3.23.